The second kappa shape index (κ2) is 43.4. The fourth-order valence-electron chi connectivity index (χ4n) is 1.20. The molecule has 152 valence electrons. The van der Waals surface area contributed by atoms with E-state index >= 15 is 0 Å². The van der Waals surface area contributed by atoms with Gasteiger partial charge < -0.3 is 0 Å². The maximum atomic E-state index is 2.28. The molecule has 0 heteroatoms. The second-order valence-corrected chi connectivity index (χ2v) is 6.42. The Bertz CT molecular complexity index is 147. The lowest BCUT2D eigenvalue weighted by Crippen LogP contribution is -1.85. The first-order valence-corrected chi connectivity index (χ1v) is 11.1. The van der Waals surface area contributed by atoms with E-state index < -0.39 is 0 Å². The molecule has 0 aliphatic carbocycles. The van der Waals surface area contributed by atoms with E-state index in [1.165, 1.54) is 44.9 Å². The number of unbranched alkanes of at least 4 members (excludes halogenated alkanes) is 3. The first kappa shape index (κ1) is 35.0. The number of allylic oxidation sites excluding steroid dienone is 2. The molecule has 0 nitrogen and oxygen atoms in total. The molecule has 0 aromatic carbocycles. The van der Waals surface area contributed by atoms with Crippen LogP contribution in [-0.4, -0.2) is 0 Å². The summed E-state index contributed by atoms with van der Waals surface area (Å²) in [6.45, 7) is 26.0. The third-order valence-corrected chi connectivity index (χ3v) is 3.11. The van der Waals surface area contributed by atoms with Crippen LogP contribution in [0.5, 0.6) is 0 Å². The highest BCUT2D eigenvalue weighted by Crippen LogP contribution is 2.02. The third-order valence-electron chi connectivity index (χ3n) is 3.11. The van der Waals surface area contributed by atoms with Gasteiger partial charge in [-0.1, -0.05) is 140 Å². The molecule has 0 aliphatic heterocycles. The van der Waals surface area contributed by atoms with Crippen LogP contribution in [0.2, 0.25) is 0 Å². The summed E-state index contributed by atoms with van der Waals surface area (Å²) >= 11 is 0. The molecule has 0 aromatic rings. The lowest BCUT2D eigenvalue weighted by atomic mass is 10.1. The molecule has 0 heterocycles. The minimum atomic E-state index is 0.722. The van der Waals surface area contributed by atoms with Crippen LogP contribution in [-0.2, 0) is 0 Å². The van der Waals surface area contributed by atoms with Crippen molar-refractivity contribution < 1.29 is 0 Å². The zero-order valence-electron chi connectivity index (χ0n) is 20.0. The van der Waals surface area contributed by atoms with Crippen LogP contribution < -0.4 is 0 Å². The molecule has 0 unspecified atom stereocenters. The van der Waals surface area contributed by atoms with Crippen LogP contribution in [0.15, 0.2) is 12.2 Å². The van der Waals surface area contributed by atoms with Crippen molar-refractivity contribution in [2.45, 2.75) is 134 Å². The normalized spacial score (nSPS) is 9.08. The molecular weight excluding hydrogens is 288 g/mol. The maximum Gasteiger partial charge on any atom is -0.0290 e. The Kier molecular flexibility index (Phi) is 63.2. The largest absolute Gasteiger partial charge is 0.0886 e. The van der Waals surface area contributed by atoms with Crippen molar-refractivity contribution in [1.29, 1.82) is 0 Å². The van der Waals surface area contributed by atoms with Crippen LogP contribution in [0.1, 0.15) is 134 Å². The van der Waals surface area contributed by atoms with Crippen LogP contribution in [0.4, 0.5) is 0 Å². The first-order chi connectivity index (χ1) is 11.4. The van der Waals surface area contributed by atoms with Crippen LogP contribution in [0.3, 0.4) is 0 Å². The van der Waals surface area contributed by atoms with E-state index in [0.717, 1.165) is 18.3 Å². The highest BCUT2D eigenvalue weighted by atomic mass is 13.9. The van der Waals surface area contributed by atoms with E-state index in [0.29, 0.717) is 0 Å². The summed E-state index contributed by atoms with van der Waals surface area (Å²) in [5.74, 6) is 1.66. The third kappa shape index (κ3) is 81.1. The Morgan fingerprint density at radius 2 is 1.00 bits per heavy atom. The Morgan fingerprint density at radius 1 is 0.667 bits per heavy atom. The molecule has 0 rings (SSSR count). The molecule has 0 N–H and O–H groups in total. The van der Waals surface area contributed by atoms with Gasteiger partial charge in [0.2, 0.25) is 0 Å². The van der Waals surface area contributed by atoms with E-state index in [2.05, 4.69) is 81.4 Å². The Labute approximate surface area is 158 Å². The number of hydrogen-bond acceptors (Lipinski definition) is 0. The topological polar surface area (TPSA) is 0 Å². The van der Waals surface area contributed by atoms with Gasteiger partial charge in [-0.3, -0.25) is 0 Å². The van der Waals surface area contributed by atoms with E-state index in [1.807, 2.05) is 13.8 Å². The molecule has 0 fully saturated rings. The van der Waals surface area contributed by atoms with Crippen molar-refractivity contribution >= 4 is 0 Å². The zero-order chi connectivity index (χ0) is 20.2. The van der Waals surface area contributed by atoms with Gasteiger partial charge in [-0.2, -0.15) is 0 Å². The standard InChI is InChI=1S/C7H14.2C6H14.C3H8.C2H6/c1-4-5-6-7(2)3;1-4-6(3)5-2;1-3-5-6-4-2;1-3-2;1-2/h5-7H,4H2,1-3H3;6H,4-5H2,1-3H3;3-6H2,1-2H3;3H2,1-2H3;1-2H3/b6-5-;;;;. The van der Waals surface area contributed by atoms with Gasteiger partial charge in [0, 0.05) is 0 Å². The average molecular weight is 345 g/mol. The minimum absolute atomic E-state index is 0.722. The smallest absolute Gasteiger partial charge is 0.0290 e. The molecule has 0 amide bonds. The summed E-state index contributed by atoms with van der Waals surface area (Å²) in [6, 6.07) is 0. The summed E-state index contributed by atoms with van der Waals surface area (Å²) in [7, 11) is 0. The molecule has 0 atom stereocenters. The monoisotopic (exact) mass is 344 g/mol. The van der Waals surface area contributed by atoms with Crippen LogP contribution >= 0.6 is 0 Å². The summed E-state index contributed by atoms with van der Waals surface area (Å²) in [6.07, 6.45) is 15.0. The van der Waals surface area contributed by atoms with Gasteiger partial charge in [-0.15, -0.1) is 0 Å². The highest BCUT2D eigenvalue weighted by molar-refractivity contribution is 4.82. The number of rotatable bonds is 7. The molecule has 0 saturated carbocycles. The molecular formula is C24H56. The molecule has 0 radical (unpaired) electrons. The average Bonchev–Trinajstić information content (AvgIpc) is 2.60. The van der Waals surface area contributed by atoms with E-state index in [1.54, 1.807) is 0 Å². The van der Waals surface area contributed by atoms with Gasteiger partial charge in [-0.25, -0.2) is 0 Å². The van der Waals surface area contributed by atoms with Gasteiger partial charge in [0.05, 0.1) is 0 Å². The fourth-order valence-corrected chi connectivity index (χ4v) is 1.20. The molecule has 0 saturated heterocycles. The quantitative estimate of drug-likeness (QED) is 0.318. The van der Waals surface area contributed by atoms with Crippen molar-refractivity contribution in [3.8, 4) is 0 Å². The molecule has 0 bridgehead atoms. The van der Waals surface area contributed by atoms with Gasteiger partial charge in [0.1, 0.15) is 0 Å². The molecule has 0 aliphatic rings. The zero-order valence-corrected chi connectivity index (χ0v) is 20.0. The van der Waals surface area contributed by atoms with Crippen LogP contribution in [0.25, 0.3) is 0 Å². The van der Waals surface area contributed by atoms with Crippen molar-refractivity contribution in [2.24, 2.45) is 11.8 Å². The Hall–Kier alpha value is -0.260. The van der Waals surface area contributed by atoms with Gasteiger partial charge in [0.15, 0.2) is 0 Å². The summed E-state index contributed by atoms with van der Waals surface area (Å²) in [5, 5.41) is 0. The Balaban J connectivity index is -0.0000000664. The van der Waals surface area contributed by atoms with Crippen molar-refractivity contribution in [3.63, 3.8) is 0 Å². The highest BCUT2D eigenvalue weighted by Gasteiger charge is 1.88. The predicted molar refractivity (Wildman–Crippen MR) is 121 cm³/mol. The molecule has 24 heavy (non-hydrogen) atoms. The van der Waals surface area contributed by atoms with Gasteiger partial charge in [0.25, 0.3) is 0 Å². The number of hydrogen-bond donors (Lipinski definition) is 0. The van der Waals surface area contributed by atoms with E-state index in [-0.39, 0.29) is 0 Å². The summed E-state index contributed by atoms with van der Waals surface area (Å²) < 4.78 is 0. The maximum absolute atomic E-state index is 2.28. The van der Waals surface area contributed by atoms with Crippen molar-refractivity contribution in [3.05, 3.63) is 12.2 Å². The van der Waals surface area contributed by atoms with Gasteiger partial charge in [-0.05, 0) is 18.3 Å². The lowest BCUT2D eigenvalue weighted by Gasteiger charge is -1.98. The summed E-state index contributed by atoms with van der Waals surface area (Å²) in [5.41, 5.74) is 0. The Morgan fingerprint density at radius 3 is 1.08 bits per heavy atom. The van der Waals surface area contributed by atoms with Gasteiger partial charge >= 0.3 is 0 Å². The minimum Gasteiger partial charge on any atom is -0.0886 e. The fraction of sp³-hybridized carbons (Fsp3) is 0.917. The van der Waals surface area contributed by atoms with E-state index in [4.69, 9.17) is 0 Å². The van der Waals surface area contributed by atoms with Crippen LogP contribution in [0, 0.1) is 11.8 Å². The second-order valence-electron chi connectivity index (χ2n) is 6.42. The van der Waals surface area contributed by atoms with Crippen molar-refractivity contribution in [2.75, 3.05) is 0 Å². The first-order valence-electron chi connectivity index (χ1n) is 11.1. The predicted octanol–water partition coefficient (Wildman–Crippen LogP) is 10.1. The summed E-state index contributed by atoms with van der Waals surface area (Å²) in [4.78, 5) is 0. The van der Waals surface area contributed by atoms with Crippen molar-refractivity contribution in [1.82, 2.24) is 0 Å². The lowest BCUT2D eigenvalue weighted by molar-refractivity contribution is 0.544. The molecule has 0 spiro atoms. The molecule has 0 aromatic heterocycles. The SMILES string of the molecule is CC.CC/C=C\C(C)C.CCC.CCC(C)CC.CCCCCC. The van der Waals surface area contributed by atoms with E-state index in [9.17, 15) is 0 Å².